The van der Waals surface area contributed by atoms with Crippen LogP contribution < -0.4 is 5.32 Å². The molecule has 2 nitrogen and oxygen atoms in total. The normalized spacial score (nSPS) is 16.7. The molecule has 1 saturated heterocycles. The first-order chi connectivity index (χ1) is 6.75. The zero-order chi connectivity index (χ0) is 9.97. The third kappa shape index (κ3) is 2.14. The number of hydrogen-bond acceptors (Lipinski definition) is 2. The van der Waals surface area contributed by atoms with E-state index in [4.69, 9.17) is 4.74 Å². The molecule has 0 aliphatic carbocycles. The molecule has 0 unspecified atom stereocenters. The molecule has 2 rings (SSSR count). The predicted molar refractivity (Wildman–Crippen MR) is 57.4 cm³/mol. The van der Waals surface area contributed by atoms with E-state index < -0.39 is 0 Å². The van der Waals surface area contributed by atoms with Crippen LogP contribution in [0.4, 0.5) is 0 Å². The maximum Gasteiger partial charge on any atom is 0.0828 e. The van der Waals surface area contributed by atoms with Crippen molar-refractivity contribution in [3.8, 4) is 0 Å². The van der Waals surface area contributed by atoms with E-state index in [-0.39, 0.29) is 0 Å². The average Bonchev–Trinajstić information content (AvgIpc) is 2.08. The molecule has 1 heterocycles. The summed E-state index contributed by atoms with van der Waals surface area (Å²) in [6.45, 7) is 7.03. The minimum absolute atomic E-state index is 0.427. The van der Waals surface area contributed by atoms with Crippen molar-refractivity contribution in [2.75, 3.05) is 13.1 Å². The maximum atomic E-state index is 5.70. The highest BCUT2D eigenvalue weighted by Gasteiger charge is 2.16. The van der Waals surface area contributed by atoms with E-state index in [1.165, 1.54) is 16.7 Å². The number of ether oxygens (including phenoxy) is 1. The molecule has 0 saturated carbocycles. The smallest absolute Gasteiger partial charge is 0.0828 e. The van der Waals surface area contributed by atoms with E-state index in [1.54, 1.807) is 0 Å². The molecule has 0 aromatic heterocycles. The van der Waals surface area contributed by atoms with Crippen LogP contribution in [0.15, 0.2) is 18.2 Å². The molecule has 1 fully saturated rings. The van der Waals surface area contributed by atoms with Crippen molar-refractivity contribution in [1.29, 1.82) is 0 Å². The summed E-state index contributed by atoms with van der Waals surface area (Å²) in [6, 6.07) is 6.52. The maximum absolute atomic E-state index is 5.70. The highest BCUT2D eigenvalue weighted by Crippen LogP contribution is 2.12. The van der Waals surface area contributed by atoms with Gasteiger partial charge in [-0.1, -0.05) is 18.2 Å². The standard InChI is InChI=1S/C12H17NO/c1-9-3-4-11(5-10(9)2)8-14-12-6-13-7-12/h3-5,12-13H,6-8H2,1-2H3. The molecule has 0 spiro atoms. The second kappa shape index (κ2) is 4.11. The first-order valence-electron chi connectivity index (χ1n) is 5.14. The summed E-state index contributed by atoms with van der Waals surface area (Å²) in [5, 5.41) is 3.19. The van der Waals surface area contributed by atoms with Gasteiger partial charge in [-0.25, -0.2) is 0 Å². The molecule has 1 N–H and O–H groups in total. The molecule has 0 amide bonds. The summed E-state index contributed by atoms with van der Waals surface area (Å²) >= 11 is 0. The molecule has 14 heavy (non-hydrogen) atoms. The van der Waals surface area contributed by atoms with Gasteiger partial charge in [-0.05, 0) is 30.5 Å². The van der Waals surface area contributed by atoms with Crippen molar-refractivity contribution in [2.24, 2.45) is 0 Å². The van der Waals surface area contributed by atoms with E-state index in [0.29, 0.717) is 6.10 Å². The molecule has 2 heteroatoms. The zero-order valence-corrected chi connectivity index (χ0v) is 8.84. The molecule has 1 aliphatic heterocycles. The van der Waals surface area contributed by atoms with Gasteiger partial charge in [0.15, 0.2) is 0 Å². The summed E-state index contributed by atoms with van der Waals surface area (Å²) < 4.78 is 5.70. The Morgan fingerprint density at radius 1 is 1.29 bits per heavy atom. The van der Waals surface area contributed by atoms with Gasteiger partial charge in [0.1, 0.15) is 0 Å². The Kier molecular flexibility index (Phi) is 2.85. The second-order valence-electron chi connectivity index (χ2n) is 4.01. The number of hydrogen-bond donors (Lipinski definition) is 1. The van der Waals surface area contributed by atoms with Crippen molar-refractivity contribution >= 4 is 0 Å². The van der Waals surface area contributed by atoms with Crippen LogP contribution in [-0.2, 0) is 11.3 Å². The minimum atomic E-state index is 0.427. The Morgan fingerprint density at radius 2 is 2.07 bits per heavy atom. The van der Waals surface area contributed by atoms with Crippen LogP contribution in [0.5, 0.6) is 0 Å². The van der Waals surface area contributed by atoms with E-state index >= 15 is 0 Å². The molecule has 1 aromatic rings. The molecular weight excluding hydrogens is 174 g/mol. The van der Waals surface area contributed by atoms with Crippen LogP contribution in [0.1, 0.15) is 16.7 Å². The summed E-state index contributed by atoms with van der Waals surface area (Å²) in [6.07, 6.45) is 0.427. The van der Waals surface area contributed by atoms with Crippen LogP contribution in [0, 0.1) is 13.8 Å². The van der Waals surface area contributed by atoms with Crippen LogP contribution in [0.3, 0.4) is 0 Å². The van der Waals surface area contributed by atoms with Gasteiger partial charge >= 0.3 is 0 Å². The van der Waals surface area contributed by atoms with Gasteiger partial charge in [-0.15, -0.1) is 0 Å². The SMILES string of the molecule is Cc1ccc(COC2CNC2)cc1C. The highest BCUT2D eigenvalue weighted by atomic mass is 16.5. The number of nitrogens with one attached hydrogen (secondary N) is 1. The molecule has 1 aromatic carbocycles. The fraction of sp³-hybridized carbons (Fsp3) is 0.500. The Hall–Kier alpha value is -0.860. The number of benzene rings is 1. The van der Waals surface area contributed by atoms with Crippen LogP contribution in [0.2, 0.25) is 0 Å². The Balaban J connectivity index is 1.91. The van der Waals surface area contributed by atoms with Gasteiger partial charge in [0.2, 0.25) is 0 Å². The third-order valence-electron chi connectivity index (χ3n) is 2.80. The first-order valence-corrected chi connectivity index (χ1v) is 5.14. The summed E-state index contributed by atoms with van der Waals surface area (Å²) in [5.74, 6) is 0. The third-order valence-corrected chi connectivity index (χ3v) is 2.80. The molecule has 0 bridgehead atoms. The molecule has 1 aliphatic rings. The summed E-state index contributed by atoms with van der Waals surface area (Å²) in [7, 11) is 0. The minimum Gasteiger partial charge on any atom is -0.371 e. The van der Waals surface area contributed by atoms with E-state index in [0.717, 1.165) is 19.7 Å². The largest absolute Gasteiger partial charge is 0.371 e. The lowest BCUT2D eigenvalue weighted by atomic mass is 10.1. The second-order valence-corrected chi connectivity index (χ2v) is 4.01. The van der Waals surface area contributed by atoms with Crippen molar-refractivity contribution in [1.82, 2.24) is 5.32 Å². The monoisotopic (exact) mass is 191 g/mol. The van der Waals surface area contributed by atoms with Gasteiger partial charge in [0, 0.05) is 13.1 Å². The fourth-order valence-electron chi connectivity index (χ4n) is 1.49. The summed E-state index contributed by atoms with van der Waals surface area (Å²) in [5.41, 5.74) is 3.97. The Labute approximate surface area is 85.3 Å². The van der Waals surface area contributed by atoms with Crippen molar-refractivity contribution in [3.63, 3.8) is 0 Å². The number of rotatable bonds is 3. The van der Waals surface area contributed by atoms with Crippen molar-refractivity contribution in [3.05, 3.63) is 34.9 Å². The van der Waals surface area contributed by atoms with Crippen molar-refractivity contribution in [2.45, 2.75) is 26.6 Å². The first kappa shape index (κ1) is 9.69. The van der Waals surface area contributed by atoms with Gasteiger partial charge < -0.3 is 10.1 Å². The van der Waals surface area contributed by atoms with E-state index in [9.17, 15) is 0 Å². The predicted octanol–water partition coefficient (Wildman–Crippen LogP) is 1.79. The van der Waals surface area contributed by atoms with Crippen LogP contribution in [0.25, 0.3) is 0 Å². The summed E-state index contributed by atoms with van der Waals surface area (Å²) in [4.78, 5) is 0. The topological polar surface area (TPSA) is 21.3 Å². The highest BCUT2D eigenvalue weighted by molar-refractivity contribution is 5.29. The van der Waals surface area contributed by atoms with Gasteiger partial charge in [0.25, 0.3) is 0 Å². The van der Waals surface area contributed by atoms with Gasteiger partial charge in [-0.2, -0.15) is 0 Å². The van der Waals surface area contributed by atoms with Crippen LogP contribution in [-0.4, -0.2) is 19.2 Å². The number of aryl methyl sites for hydroxylation is 2. The van der Waals surface area contributed by atoms with Gasteiger partial charge in [0.05, 0.1) is 12.7 Å². The molecular formula is C12H17NO. The molecule has 0 atom stereocenters. The lowest BCUT2D eigenvalue weighted by molar-refractivity contribution is 0.00756. The van der Waals surface area contributed by atoms with Crippen molar-refractivity contribution < 1.29 is 4.74 Å². The zero-order valence-electron chi connectivity index (χ0n) is 8.84. The lowest BCUT2D eigenvalue weighted by Crippen LogP contribution is -2.48. The Bertz CT molecular complexity index is 318. The van der Waals surface area contributed by atoms with Crippen LogP contribution >= 0.6 is 0 Å². The Morgan fingerprint density at radius 3 is 2.64 bits per heavy atom. The van der Waals surface area contributed by atoms with E-state index in [1.807, 2.05) is 0 Å². The fourth-order valence-corrected chi connectivity index (χ4v) is 1.49. The molecule has 76 valence electrons. The lowest BCUT2D eigenvalue weighted by Gasteiger charge is -2.27. The molecule has 0 radical (unpaired) electrons. The quantitative estimate of drug-likeness (QED) is 0.786. The van der Waals surface area contributed by atoms with Gasteiger partial charge in [-0.3, -0.25) is 0 Å². The van der Waals surface area contributed by atoms with E-state index in [2.05, 4.69) is 37.4 Å². The average molecular weight is 191 g/mol.